The van der Waals surface area contributed by atoms with Crippen molar-refractivity contribution in [2.24, 2.45) is 0 Å². The SMILES string of the molecule is Cc1cc(C(F)(F)C(F)(F)F)ccc1C(C)O.[CH3][Mg][Cl]. The second-order valence-electron chi connectivity index (χ2n) is 4.09. The molecular formula is C12H14ClF5MgO. The molecule has 0 radical (unpaired) electrons. The van der Waals surface area contributed by atoms with Gasteiger partial charge in [-0.05, 0) is 31.0 Å². The van der Waals surface area contributed by atoms with Gasteiger partial charge in [-0.15, -0.1) is 5.05 Å². The third kappa shape index (κ3) is 5.02. The lowest BCUT2D eigenvalue weighted by molar-refractivity contribution is -0.289. The Labute approximate surface area is 127 Å². The van der Waals surface area contributed by atoms with Crippen molar-refractivity contribution in [1.29, 1.82) is 0 Å². The Hall–Kier alpha value is -0.114. The van der Waals surface area contributed by atoms with Gasteiger partial charge >= 0.3 is 31.4 Å². The molecule has 8 heteroatoms. The zero-order valence-electron chi connectivity index (χ0n) is 11.2. The minimum Gasteiger partial charge on any atom is -0.389 e. The Morgan fingerprint density at radius 3 is 1.95 bits per heavy atom. The highest BCUT2D eigenvalue weighted by molar-refractivity contribution is 6.92. The van der Waals surface area contributed by atoms with E-state index in [4.69, 9.17) is 9.07 Å². The van der Waals surface area contributed by atoms with Gasteiger partial charge in [-0.1, -0.05) is 12.1 Å². The van der Waals surface area contributed by atoms with Crippen LogP contribution in [0.15, 0.2) is 18.2 Å². The maximum absolute atomic E-state index is 13.0. The molecule has 0 aliphatic carbocycles. The number of aliphatic hydroxyl groups is 1. The Bertz CT molecular complexity index is 434. The highest BCUT2D eigenvalue weighted by atomic mass is 35.5. The molecule has 0 heterocycles. The third-order valence-electron chi connectivity index (χ3n) is 2.44. The largest absolute Gasteiger partial charge is 0.497 e. The number of rotatable bonds is 2. The summed E-state index contributed by atoms with van der Waals surface area (Å²) < 4.78 is 62.3. The Balaban J connectivity index is 0.00000110. The molecule has 0 fully saturated rings. The van der Waals surface area contributed by atoms with Crippen molar-refractivity contribution in [2.75, 3.05) is 0 Å². The minimum absolute atomic E-state index is 0.111. The molecule has 0 amide bonds. The van der Waals surface area contributed by atoms with E-state index in [0.717, 1.165) is 12.1 Å². The van der Waals surface area contributed by atoms with Crippen molar-refractivity contribution in [3.63, 3.8) is 0 Å². The van der Waals surface area contributed by atoms with Crippen LogP contribution in [0.3, 0.4) is 0 Å². The van der Waals surface area contributed by atoms with Crippen LogP contribution in [0.4, 0.5) is 22.0 Å². The first-order valence-corrected chi connectivity index (χ1v) is 9.33. The van der Waals surface area contributed by atoms with Gasteiger partial charge < -0.3 is 14.2 Å². The van der Waals surface area contributed by atoms with E-state index >= 15 is 0 Å². The van der Waals surface area contributed by atoms with E-state index in [9.17, 15) is 27.1 Å². The standard InChI is InChI=1S/C11H11F5O.CH3.ClH.Mg/c1-6-5-8(3-4-9(6)7(2)17)10(12,13)11(14,15)16;;;/h3-5,7,17H,1-2H3;1H3;1H;/q;;;+1/p-1. The Kier molecular flexibility index (Phi) is 7.73. The summed E-state index contributed by atoms with van der Waals surface area (Å²) in [5.41, 5.74) is -0.597. The molecule has 0 aliphatic rings. The number of hydrogen-bond acceptors (Lipinski definition) is 1. The lowest BCUT2D eigenvalue weighted by Crippen LogP contribution is -2.33. The minimum atomic E-state index is -5.62. The quantitative estimate of drug-likeness (QED) is 0.621. The zero-order chi connectivity index (χ0) is 16.1. The smallest absolute Gasteiger partial charge is 0.389 e. The summed E-state index contributed by atoms with van der Waals surface area (Å²) in [6, 6.07) is 2.51. The number of aliphatic hydroxyl groups excluding tert-OH is 1. The summed E-state index contributed by atoms with van der Waals surface area (Å²) in [6.45, 7) is 2.78. The molecule has 0 saturated heterocycles. The van der Waals surface area contributed by atoms with Crippen LogP contribution < -0.4 is 0 Å². The molecule has 1 aromatic rings. The molecule has 1 rings (SSSR count). The van der Waals surface area contributed by atoms with Crippen LogP contribution in [-0.2, 0) is 5.92 Å². The van der Waals surface area contributed by atoms with E-state index in [1.165, 1.54) is 13.8 Å². The second-order valence-corrected chi connectivity index (χ2v) is 6.22. The predicted octanol–water partition coefficient (Wildman–Crippen LogP) is 4.59. The molecule has 0 aromatic heterocycles. The molecule has 20 heavy (non-hydrogen) atoms. The molecular weight excluding hydrogens is 315 g/mol. The molecule has 1 unspecified atom stereocenters. The third-order valence-corrected chi connectivity index (χ3v) is 2.44. The summed E-state index contributed by atoms with van der Waals surface area (Å²) in [6.07, 6.45) is -6.53. The van der Waals surface area contributed by atoms with Gasteiger partial charge in [-0.2, -0.15) is 22.0 Å². The maximum Gasteiger partial charge on any atom is 0.497 e. The van der Waals surface area contributed by atoms with Gasteiger partial charge in [-0.3, -0.25) is 0 Å². The first-order chi connectivity index (χ1) is 8.98. The summed E-state index contributed by atoms with van der Waals surface area (Å²) in [5, 5.41) is 11.3. The first-order valence-electron chi connectivity index (χ1n) is 5.78. The lowest BCUT2D eigenvalue weighted by Gasteiger charge is -2.21. The molecule has 1 nitrogen and oxygen atoms in total. The monoisotopic (exact) mass is 328 g/mol. The van der Waals surface area contributed by atoms with Crippen molar-refractivity contribution in [3.8, 4) is 0 Å². The normalized spacial score (nSPS) is 13.1. The number of hydrogen-bond donors (Lipinski definition) is 1. The molecule has 1 aromatic carbocycles. The van der Waals surface area contributed by atoms with Crippen molar-refractivity contribution >= 4 is 28.3 Å². The summed E-state index contributed by atoms with van der Waals surface area (Å²) in [5.74, 6) is -4.88. The number of alkyl halides is 5. The molecule has 1 N–H and O–H groups in total. The second kappa shape index (κ2) is 7.77. The average molecular weight is 329 g/mol. The zero-order valence-corrected chi connectivity index (χ0v) is 13.4. The van der Waals surface area contributed by atoms with Crippen LogP contribution in [-0.4, -0.2) is 30.5 Å². The van der Waals surface area contributed by atoms with Crippen molar-refractivity contribution in [2.45, 2.75) is 37.1 Å². The van der Waals surface area contributed by atoms with Crippen molar-refractivity contribution in [3.05, 3.63) is 34.9 Å². The number of halogens is 6. The van der Waals surface area contributed by atoms with Gasteiger partial charge in [0.05, 0.1) is 6.10 Å². The van der Waals surface area contributed by atoms with Gasteiger partial charge in [0, 0.05) is 5.56 Å². The fraction of sp³-hybridized carbons (Fsp3) is 0.500. The summed E-state index contributed by atoms with van der Waals surface area (Å²) >= 11 is -0.111. The van der Waals surface area contributed by atoms with Crippen LogP contribution in [0.25, 0.3) is 0 Å². The van der Waals surface area contributed by atoms with E-state index in [-0.39, 0.29) is 24.8 Å². The van der Waals surface area contributed by atoms with Gasteiger partial charge in [0.2, 0.25) is 0 Å². The van der Waals surface area contributed by atoms with Crippen LogP contribution in [0.1, 0.15) is 29.7 Å². The lowest BCUT2D eigenvalue weighted by atomic mass is 9.98. The topological polar surface area (TPSA) is 20.2 Å². The van der Waals surface area contributed by atoms with Crippen LogP contribution in [0.5, 0.6) is 0 Å². The Morgan fingerprint density at radius 2 is 1.65 bits per heavy atom. The number of benzene rings is 1. The van der Waals surface area contributed by atoms with E-state index in [1.807, 2.05) is 5.05 Å². The molecule has 0 spiro atoms. The summed E-state index contributed by atoms with van der Waals surface area (Å²) in [4.78, 5) is 0. The maximum atomic E-state index is 13.0. The van der Waals surface area contributed by atoms with Crippen molar-refractivity contribution in [1.82, 2.24) is 0 Å². The van der Waals surface area contributed by atoms with Crippen LogP contribution >= 0.6 is 9.07 Å². The van der Waals surface area contributed by atoms with E-state index in [1.54, 1.807) is 0 Å². The van der Waals surface area contributed by atoms with Gasteiger partial charge in [0.15, 0.2) is 0 Å². The van der Waals surface area contributed by atoms with E-state index < -0.39 is 23.8 Å². The molecule has 0 bridgehead atoms. The predicted molar refractivity (Wildman–Crippen MR) is 69.2 cm³/mol. The summed E-state index contributed by atoms with van der Waals surface area (Å²) in [7, 11) is 5.14. The highest BCUT2D eigenvalue weighted by Crippen LogP contribution is 2.44. The number of aryl methyl sites for hydroxylation is 1. The average Bonchev–Trinajstić information content (AvgIpc) is 2.27. The fourth-order valence-electron chi connectivity index (χ4n) is 1.50. The van der Waals surface area contributed by atoms with Crippen molar-refractivity contribution < 1.29 is 27.1 Å². The van der Waals surface area contributed by atoms with Gasteiger partial charge in [-0.25, -0.2) is 0 Å². The molecule has 1 atom stereocenters. The first kappa shape index (κ1) is 19.9. The molecule has 0 aliphatic heterocycles. The molecule has 0 saturated carbocycles. The van der Waals surface area contributed by atoms with E-state index in [0.29, 0.717) is 11.6 Å². The van der Waals surface area contributed by atoms with Crippen LogP contribution in [0.2, 0.25) is 5.05 Å². The van der Waals surface area contributed by atoms with Gasteiger partial charge in [0.25, 0.3) is 0 Å². The Morgan fingerprint density at radius 1 is 1.20 bits per heavy atom. The molecule has 112 valence electrons. The van der Waals surface area contributed by atoms with E-state index in [2.05, 4.69) is 0 Å². The highest BCUT2D eigenvalue weighted by Gasteiger charge is 2.58. The van der Waals surface area contributed by atoms with Crippen LogP contribution in [0, 0.1) is 6.92 Å². The van der Waals surface area contributed by atoms with Gasteiger partial charge in [0.1, 0.15) is 0 Å². The fourth-order valence-corrected chi connectivity index (χ4v) is 1.50.